The van der Waals surface area contributed by atoms with E-state index in [-0.39, 0.29) is 0 Å². The van der Waals surface area contributed by atoms with E-state index in [9.17, 15) is 5.26 Å². The van der Waals surface area contributed by atoms with Gasteiger partial charge in [-0.2, -0.15) is 5.26 Å². The minimum atomic E-state index is -0.486. The third-order valence-electron chi connectivity index (χ3n) is 4.23. The second-order valence-corrected chi connectivity index (χ2v) is 5.48. The molecule has 1 aromatic rings. The molecule has 3 rings (SSSR count). The number of pyridine rings is 1. The molecule has 0 radical (unpaired) electrons. The Morgan fingerprint density at radius 2 is 2.25 bits per heavy atom. The molecule has 0 spiro atoms. The van der Waals surface area contributed by atoms with Crippen LogP contribution in [0.25, 0.3) is 0 Å². The number of nitriles is 1. The van der Waals surface area contributed by atoms with Crippen molar-refractivity contribution < 1.29 is 9.47 Å². The fraction of sp³-hybridized carbons (Fsp3) is 0.600. The van der Waals surface area contributed by atoms with Crippen LogP contribution in [0.3, 0.4) is 0 Å². The van der Waals surface area contributed by atoms with Crippen molar-refractivity contribution in [2.24, 2.45) is 5.92 Å². The van der Waals surface area contributed by atoms with Gasteiger partial charge in [-0.1, -0.05) is 0 Å². The average Bonchev–Trinajstić information content (AvgIpc) is 2.95. The summed E-state index contributed by atoms with van der Waals surface area (Å²) < 4.78 is 11.6. The number of hydrogen-bond acceptors (Lipinski definition) is 5. The lowest BCUT2D eigenvalue weighted by Crippen LogP contribution is -2.47. The van der Waals surface area contributed by atoms with Gasteiger partial charge in [0.25, 0.3) is 0 Å². The van der Waals surface area contributed by atoms with Crippen molar-refractivity contribution in [2.75, 3.05) is 31.2 Å². The maximum Gasteiger partial charge on any atom is 0.170 e. The monoisotopic (exact) mass is 273 g/mol. The van der Waals surface area contributed by atoms with Gasteiger partial charge in [-0.3, -0.25) is 0 Å². The molecule has 5 heteroatoms. The lowest BCUT2D eigenvalue weighted by molar-refractivity contribution is -0.182. The second-order valence-electron chi connectivity index (χ2n) is 5.48. The molecule has 1 atom stereocenters. The van der Waals surface area contributed by atoms with Crippen LogP contribution in [0.1, 0.15) is 25.3 Å². The van der Waals surface area contributed by atoms with E-state index in [2.05, 4.69) is 16.0 Å². The molecule has 2 aliphatic heterocycles. The van der Waals surface area contributed by atoms with Gasteiger partial charge in [0.05, 0.1) is 18.8 Å². The number of ether oxygens (including phenoxy) is 2. The Labute approximate surface area is 119 Å². The van der Waals surface area contributed by atoms with E-state index in [0.29, 0.717) is 24.7 Å². The first-order chi connectivity index (χ1) is 9.73. The highest BCUT2D eigenvalue weighted by atomic mass is 16.7. The zero-order valence-corrected chi connectivity index (χ0v) is 11.7. The topological polar surface area (TPSA) is 58.4 Å². The molecule has 20 heavy (non-hydrogen) atoms. The van der Waals surface area contributed by atoms with E-state index in [0.717, 1.165) is 31.7 Å². The van der Waals surface area contributed by atoms with Crippen molar-refractivity contribution in [1.82, 2.24) is 4.98 Å². The lowest BCUT2D eigenvalue weighted by Gasteiger charge is -2.40. The number of hydrogen-bond donors (Lipinski definition) is 0. The Hall–Kier alpha value is -1.64. The predicted octanol–water partition coefficient (Wildman–Crippen LogP) is 1.93. The van der Waals surface area contributed by atoms with Crippen molar-refractivity contribution in [1.29, 1.82) is 5.26 Å². The normalized spacial score (nSPS) is 25.4. The molecule has 3 heterocycles. The molecule has 0 amide bonds. The summed E-state index contributed by atoms with van der Waals surface area (Å²) in [6.45, 7) is 5.11. The molecule has 0 aromatic carbocycles. The first kappa shape index (κ1) is 13.3. The maximum atomic E-state index is 9.21. The van der Waals surface area contributed by atoms with E-state index < -0.39 is 5.79 Å². The summed E-state index contributed by atoms with van der Waals surface area (Å²) in [5.74, 6) is 0.605. The van der Waals surface area contributed by atoms with E-state index in [1.165, 1.54) is 0 Å². The molecule has 2 fully saturated rings. The van der Waals surface area contributed by atoms with Crippen molar-refractivity contribution in [3.8, 4) is 6.07 Å². The van der Waals surface area contributed by atoms with Crippen molar-refractivity contribution >= 4 is 5.82 Å². The highest BCUT2D eigenvalue weighted by molar-refractivity contribution is 5.53. The van der Waals surface area contributed by atoms with Gasteiger partial charge in [0.1, 0.15) is 11.9 Å². The van der Waals surface area contributed by atoms with E-state index in [4.69, 9.17) is 9.47 Å². The Kier molecular flexibility index (Phi) is 3.60. The summed E-state index contributed by atoms with van der Waals surface area (Å²) >= 11 is 0. The molecule has 0 saturated carbocycles. The zero-order valence-electron chi connectivity index (χ0n) is 11.7. The Morgan fingerprint density at radius 1 is 1.45 bits per heavy atom. The number of nitrogens with zero attached hydrogens (tertiary/aromatic N) is 3. The van der Waals surface area contributed by atoms with E-state index >= 15 is 0 Å². The smallest absolute Gasteiger partial charge is 0.170 e. The van der Waals surface area contributed by atoms with E-state index in [1.54, 1.807) is 12.3 Å². The van der Waals surface area contributed by atoms with E-state index in [1.807, 2.05) is 13.0 Å². The van der Waals surface area contributed by atoms with Crippen molar-refractivity contribution in [2.45, 2.75) is 25.6 Å². The van der Waals surface area contributed by atoms with Crippen LogP contribution in [-0.4, -0.2) is 37.1 Å². The Morgan fingerprint density at radius 3 is 3.00 bits per heavy atom. The molecule has 1 aromatic heterocycles. The van der Waals surface area contributed by atoms with Gasteiger partial charge in [0.15, 0.2) is 5.79 Å². The van der Waals surface area contributed by atoms with Gasteiger partial charge >= 0.3 is 0 Å². The van der Waals surface area contributed by atoms with Gasteiger partial charge in [-0.05, 0) is 31.9 Å². The van der Waals surface area contributed by atoms with Crippen LogP contribution in [0, 0.1) is 17.2 Å². The Balaban J connectivity index is 1.80. The van der Waals surface area contributed by atoms with Gasteiger partial charge < -0.3 is 14.4 Å². The summed E-state index contributed by atoms with van der Waals surface area (Å²) in [4.78, 5) is 6.56. The quantitative estimate of drug-likeness (QED) is 0.824. The highest BCUT2D eigenvalue weighted by Crippen LogP contribution is 2.35. The fourth-order valence-corrected chi connectivity index (χ4v) is 3.10. The molecule has 5 nitrogen and oxygen atoms in total. The summed E-state index contributed by atoms with van der Waals surface area (Å²) in [6.07, 6.45) is 3.89. The molecule has 0 aliphatic carbocycles. The molecule has 2 aliphatic rings. The van der Waals surface area contributed by atoms with Crippen LogP contribution in [0.5, 0.6) is 0 Å². The summed E-state index contributed by atoms with van der Waals surface area (Å²) in [6, 6.07) is 5.84. The minimum absolute atomic E-state index is 0.312. The summed E-state index contributed by atoms with van der Waals surface area (Å²) in [5.41, 5.74) is 0.631. The SMILES string of the molecule is CC1(C2CCCN(c3ncccc3C#N)C2)OCCO1. The number of rotatable bonds is 2. The molecule has 2 saturated heterocycles. The molecule has 0 bridgehead atoms. The Bertz CT molecular complexity index is 520. The summed E-state index contributed by atoms with van der Waals surface area (Å²) in [5, 5.41) is 9.21. The van der Waals surface area contributed by atoms with Gasteiger partial charge in [0, 0.05) is 25.2 Å². The molecular weight excluding hydrogens is 254 g/mol. The lowest BCUT2D eigenvalue weighted by atomic mass is 9.90. The van der Waals surface area contributed by atoms with Crippen molar-refractivity contribution in [3.63, 3.8) is 0 Å². The fourth-order valence-electron chi connectivity index (χ4n) is 3.10. The van der Waals surface area contributed by atoms with Gasteiger partial charge in [-0.15, -0.1) is 0 Å². The predicted molar refractivity (Wildman–Crippen MR) is 74.2 cm³/mol. The third kappa shape index (κ3) is 2.37. The third-order valence-corrected chi connectivity index (χ3v) is 4.23. The number of aromatic nitrogens is 1. The molecule has 0 N–H and O–H groups in total. The standard InChI is InChI=1S/C15H19N3O2/c1-15(19-8-9-20-15)13-5-3-7-18(11-13)14-12(10-16)4-2-6-17-14/h2,4,6,13H,3,5,7-9,11H2,1H3. The van der Waals surface area contributed by atoms with Gasteiger partial charge in [0.2, 0.25) is 0 Å². The number of anilines is 1. The highest BCUT2D eigenvalue weighted by Gasteiger charge is 2.42. The molecule has 106 valence electrons. The number of piperidine rings is 1. The van der Waals surface area contributed by atoms with Crippen LogP contribution in [-0.2, 0) is 9.47 Å². The second kappa shape index (κ2) is 5.39. The van der Waals surface area contributed by atoms with Crippen LogP contribution in [0.2, 0.25) is 0 Å². The largest absolute Gasteiger partial charge is 0.355 e. The maximum absolute atomic E-state index is 9.21. The van der Waals surface area contributed by atoms with Crippen LogP contribution in [0.15, 0.2) is 18.3 Å². The first-order valence-corrected chi connectivity index (χ1v) is 7.11. The summed E-state index contributed by atoms with van der Waals surface area (Å²) in [7, 11) is 0. The van der Waals surface area contributed by atoms with Crippen LogP contribution >= 0.6 is 0 Å². The van der Waals surface area contributed by atoms with Crippen LogP contribution < -0.4 is 4.90 Å². The average molecular weight is 273 g/mol. The van der Waals surface area contributed by atoms with Crippen molar-refractivity contribution in [3.05, 3.63) is 23.9 Å². The molecule has 1 unspecified atom stereocenters. The molecular formula is C15H19N3O2. The van der Waals surface area contributed by atoms with Gasteiger partial charge in [-0.25, -0.2) is 4.98 Å². The minimum Gasteiger partial charge on any atom is -0.355 e. The zero-order chi connectivity index (χ0) is 14.0. The van der Waals surface area contributed by atoms with Crippen LogP contribution in [0.4, 0.5) is 5.82 Å². The first-order valence-electron chi connectivity index (χ1n) is 7.11.